The van der Waals surface area contributed by atoms with E-state index in [1.807, 2.05) is 30.3 Å². The molecule has 5 nitrogen and oxygen atoms in total. The highest BCUT2D eigenvalue weighted by atomic mass is 19.1. The first-order valence-electron chi connectivity index (χ1n) is 10.3. The Bertz CT molecular complexity index is 1290. The molecular weight excluding hydrogens is 405 g/mol. The molecule has 1 heterocycles. The van der Waals surface area contributed by atoms with Crippen molar-refractivity contribution >= 4 is 28.4 Å². The minimum atomic E-state index is -0.384. The Morgan fingerprint density at radius 1 is 0.875 bits per heavy atom. The first kappa shape index (κ1) is 21.2. The summed E-state index contributed by atoms with van der Waals surface area (Å²) in [5.74, 6) is -1.03. The number of amides is 2. The fraction of sp³-hybridized carbons (Fsp3) is 0.115. The number of aromatic nitrogens is 1. The van der Waals surface area contributed by atoms with Crippen LogP contribution in [0.5, 0.6) is 0 Å². The number of hydrogen-bond acceptors (Lipinski definition) is 3. The van der Waals surface area contributed by atoms with Gasteiger partial charge in [0.05, 0.1) is 28.0 Å². The number of pyridine rings is 1. The van der Waals surface area contributed by atoms with Gasteiger partial charge in [-0.25, -0.2) is 4.39 Å². The number of para-hydroxylation sites is 1. The molecule has 0 atom stereocenters. The molecule has 0 bridgehead atoms. The van der Waals surface area contributed by atoms with Gasteiger partial charge in [-0.15, -0.1) is 0 Å². The lowest BCUT2D eigenvalue weighted by molar-refractivity contribution is 0.0955. The van der Waals surface area contributed by atoms with Crippen LogP contribution in [-0.2, 0) is 6.42 Å². The van der Waals surface area contributed by atoms with Gasteiger partial charge in [-0.2, -0.15) is 0 Å². The maximum atomic E-state index is 13.5. The molecular formula is C26H22FN3O2. The van der Waals surface area contributed by atoms with Gasteiger partial charge >= 0.3 is 0 Å². The van der Waals surface area contributed by atoms with Gasteiger partial charge in [-0.3, -0.25) is 14.6 Å². The lowest BCUT2D eigenvalue weighted by Gasteiger charge is -2.13. The Morgan fingerprint density at radius 3 is 2.44 bits per heavy atom. The first-order chi connectivity index (χ1) is 15.5. The van der Waals surface area contributed by atoms with Gasteiger partial charge < -0.3 is 10.6 Å². The molecule has 0 saturated heterocycles. The third kappa shape index (κ3) is 4.81. The maximum Gasteiger partial charge on any atom is 0.257 e. The summed E-state index contributed by atoms with van der Waals surface area (Å²) in [6.45, 7) is 2.18. The molecule has 0 aliphatic heterocycles. The van der Waals surface area contributed by atoms with Gasteiger partial charge in [0.2, 0.25) is 0 Å². The van der Waals surface area contributed by atoms with E-state index in [9.17, 15) is 14.0 Å². The third-order valence-corrected chi connectivity index (χ3v) is 5.18. The number of anilines is 1. The van der Waals surface area contributed by atoms with Crippen molar-refractivity contribution in [3.8, 4) is 0 Å². The topological polar surface area (TPSA) is 71.1 Å². The van der Waals surface area contributed by atoms with Crippen LogP contribution < -0.4 is 10.6 Å². The second kappa shape index (κ2) is 9.39. The second-order valence-corrected chi connectivity index (χ2v) is 7.45. The number of nitrogens with one attached hydrogen (secondary N) is 2. The predicted octanol–water partition coefficient (Wildman–Crippen LogP) is 4.91. The van der Waals surface area contributed by atoms with E-state index in [-0.39, 0.29) is 17.6 Å². The van der Waals surface area contributed by atoms with Crippen LogP contribution in [0.1, 0.15) is 32.0 Å². The van der Waals surface area contributed by atoms with Gasteiger partial charge in [-0.1, -0.05) is 42.5 Å². The van der Waals surface area contributed by atoms with E-state index < -0.39 is 0 Å². The average molecular weight is 427 g/mol. The van der Waals surface area contributed by atoms with Crippen molar-refractivity contribution in [3.05, 3.63) is 107 Å². The van der Waals surface area contributed by atoms with Gasteiger partial charge in [0, 0.05) is 18.0 Å². The van der Waals surface area contributed by atoms with Crippen LogP contribution in [-0.4, -0.2) is 23.3 Å². The van der Waals surface area contributed by atoms with Crippen molar-refractivity contribution in [3.63, 3.8) is 0 Å². The zero-order valence-corrected chi connectivity index (χ0v) is 17.6. The Labute approximate surface area is 185 Å². The molecule has 2 amide bonds. The van der Waals surface area contributed by atoms with E-state index in [0.29, 0.717) is 46.4 Å². The minimum absolute atomic E-state index is 0.263. The molecule has 0 aliphatic rings. The van der Waals surface area contributed by atoms with E-state index in [0.717, 1.165) is 5.56 Å². The zero-order chi connectivity index (χ0) is 22.5. The highest BCUT2D eigenvalue weighted by Gasteiger charge is 2.16. The van der Waals surface area contributed by atoms with Crippen LogP contribution >= 0.6 is 0 Å². The van der Waals surface area contributed by atoms with Crippen molar-refractivity contribution in [1.82, 2.24) is 10.3 Å². The lowest BCUT2D eigenvalue weighted by atomic mass is 10.1. The highest BCUT2D eigenvalue weighted by Crippen LogP contribution is 2.21. The Kier molecular flexibility index (Phi) is 6.22. The van der Waals surface area contributed by atoms with Gasteiger partial charge in [0.25, 0.3) is 11.8 Å². The number of hydrogen-bond donors (Lipinski definition) is 2. The number of carbonyl (C=O) groups is 2. The molecule has 0 spiro atoms. The Balaban J connectivity index is 1.49. The van der Waals surface area contributed by atoms with E-state index in [1.54, 1.807) is 43.3 Å². The van der Waals surface area contributed by atoms with Crippen molar-refractivity contribution in [1.29, 1.82) is 0 Å². The quantitative estimate of drug-likeness (QED) is 0.459. The molecule has 0 saturated carbocycles. The molecule has 0 fully saturated rings. The minimum Gasteiger partial charge on any atom is -0.352 e. The molecule has 0 radical (unpaired) electrons. The Hall–Kier alpha value is -4.06. The summed E-state index contributed by atoms with van der Waals surface area (Å²) in [4.78, 5) is 30.0. The van der Waals surface area contributed by atoms with Gasteiger partial charge in [0.15, 0.2) is 0 Å². The number of halogens is 1. The molecule has 4 rings (SSSR count). The monoisotopic (exact) mass is 427 g/mol. The smallest absolute Gasteiger partial charge is 0.257 e. The predicted molar refractivity (Wildman–Crippen MR) is 123 cm³/mol. The van der Waals surface area contributed by atoms with Crippen molar-refractivity contribution in [2.75, 3.05) is 11.9 Å². The van der Waals surface area contributed by atoms with E-state index in [4.69, 9.17) is 0 Å². The zero-order valence-electron chi connectivity index (χ0n) is 17.6. The standard InChI is InChI=1S/C26H22FN3O2/c1-17-22(15-19-11-12-20(27)16-24(19)29-17)26(32)30-23-10-6-5-9-21(23)25(31)28-14-13-18-7-3-2-4-8-18/h2-12,15-16H,13-14H2,1H3,(H,28,31)(H,30,32). The lowest BCUT2D eigenvalue weighted by Crippen LogP contribution is -2.27. The molecule has 0 unspecified atom stereocenters. The Morgan fingerprint density at radius 2 is 1.62 bits per heavy atom. The number of nitrogens with zero attached hydrogens (tertiary/aromatic N) is 1. The van der Waals surface area contributed by atoms with Crippen LogP contribution in [0.4, 0.5) is 10.1 Å². The van der Waals surface area contributed by atoms with Crippen LogP contribution in [0, 0.1) is 12.7 Å². The summed E-state index contributed by atoms with van der Waals surface area (Å²) in [6.07, 6.45) is 0.712. The van der Waals surface area contributed by atoms with Crippen molar-refractivity contribution < 1.29 is 14.0 Å². The normalized spacial score (nSPS) is 10.7. The van der Waals surface area contributed by atoms with E-state index in [2.05, 4.69) is 15.6 Å². The fourth-order valence-electron chi connectivity index (χ4n) is 3.51. The summed E-state index contributed by atoms with van der Waals surface area (Å²) in [7, 11) is 0. The number of carbonyl (C=O) groups excluding carboxylic acids is 2. The summed E-state index contributed by atoms with van der Waals surface area (Å²) < 4.78 is 13.5. The fourth-order valence-corrected chi connectivity index (χ4v) is 3.51. The molecule has 2 N–H and O–H groups in total. The molecule has 6 heteroatoms. The van der Waals surface area contributed by atoms with Crippen LogP contribution in [0.25, 0.3) is 10.9 Å². The molecule has 0 aliphatic carbocycles. The summed E-state index contributed by atoms with van der Waals surface area (Å²) in [5, 5.41) is 6.38. The van der Waals surface area contributed by atoms with Gasteiger partial charge in [-0.05, 0) is 49.2 Å². The molecule has 3 aromatic carbocycles. The number of benzene rings is 3. The van der Waals surface area contributed by atoms with E-state index in [1.165, 1.54) is 12.1 Å². The first-order valence-corrected chi connectivity index (χ1v) is 10.3. The summed E-state index contributed by atoms with van der Waals surface area (Å²) in [5.41, 5.74) is 3.25. The summed E-state index contributed by atoms with van der Waals surface area (Å²) in [6, 6.07) is 22.7. The second-order valence-electron chi connectivity index (χ2n) is 7.45. The molecule has 32 heavy (non-hydrogen) atoms. The summed E-state index contributed by atoms with van der Waals surface area (Å²) >= 11 is 0. The SMILES string of the molecule is Cc1nc2cc(F)ccc2cc1C(=O)Nc1ccccc1C(=O)NCCc1ccccc1. The highest BCUT2D eigenvalue weighted by molar-refractivity contribution is 6.10. The van der Waals surface area contributed by atoms with Crippen LogP contribution in [0.15, 0.2) is 78.9 Å². The largest absolute Gasteiger partial charge is 0.352 e. The number of aryl methyl sites for hydroxylation is 1. The molecule has 4 aromatic rings. The van der Waals surface area contributed by atoms with Gasteiger partial charge in [0.1, 0.15) is 5.82 Å². The van der Waals surface area contributed by atoms with Crippen LogP contribution in [0.2, 0.25) is 0 Å². The third-order valence-electron chi connectivity index (χ3n) is 5.18. The molecule has 160 valence electrons. The number of fused-ring (bicyclic) bond motifs is 1. The average Bonchev–Trinajstić information content (AvgIpc) is 2.79. The van der Waals surface area contributed by atoms with E-state index >= 15 is 0 Å². The number of rotatable bonds is 6. The molecule has 1 aromatic heterocycles. The van der Waals surface area contributed by atoms with Crippen LogP contribution in [0.3, 0.4) is 0 Å². The maximum absolute atomic E-state index is 13.5. The van der Waals surface area contributed by atoms with Crippen molar-refractivity contribution in [2.24, 2.45) is 0 Å². The van der Waals surface area contributed by atoms with Crippen molar-refractivity contribution in [2.45, 2.75) is 13.3 Å².